The zero-order chi connectivity index (χ0) is 15.2. The highest BCUT2D eigenvalue weighted by Crippen LogP contribution is 2.45. The Balaban J connectivity index is 3.82. The van der Waals surface area contributed by atoms with Gasteiger partial charge in [0, 0.05) is 0 Å². The van der Waals surface area contributed by atoms with Crippen LogP contribution in [-0.4, -0.2) is 36.2 Å². The molecule has 0 aliphatic carbocycles. The highest BCUT2D eigenvalue weighted by molar-refractivity contribution is 5.84. The van der Waals surface area contributed by atoms with Gasteiger partial charge in [-0.2, -0.15) is 31.2 Å². The molecule has 0 aliphatic heterocycles. The molecule has 14 heteroatoms. The van der Waals surface area contributed by atoms with Crippen LogP contribution in [-0.2, 0) is 0 Å². The number of anilines is 1. The van der Waals surface area contributed by atoms with Crippen molar-refractivity contribution < 1.29 is 31.2 Å². The van der Waals surface area contributed by atoms with Crippen LogP contribution < -0.4 is 20.7 Å². The van der Waals surface area contributed by atoms with Crippen LogP contribution in [0.3, 0.4) is 0 Å². The van der Waals surface area contributed by atoms with Gasteiger partial charge in [-0.15, -0.1) is 0 Å². The van der Waals surface area contributed by atoms with E-state index in [4.69, 9.17) is 37.0 Å². The van der Waals surface area contributed by atoms with E-state index < -0.39 is 37.8 Å². The van der Waals surface area contributed by atoms with Crippen LogP contribution in [0.4, 0.5) is 22.9 Å². The van der Waals surface area contributed by atoms with E-state index >= 15 is 0 Å². The van der Waals surface area contributed by atoms with Crippen molar-refractivity contribution in [1.82, 2.24) is 19.9 Å². The van der Waals surface area contributed by atoms with Crippen molar-refractivity contribution in [2.24, 2.45) is 0 Å². The molecule has 1 aromatic heterocycles. The Kier molecular flexibility index (Phi) is 3.47. The van der Waals surface area contributed by atoms with E-state index in [-0.39, 0.29) is 6.20 Å². The Morgan fingerprint density at radius 3 is 1.58 bits per heavy atom. The van der Waals surface area contributed by atoms with E-state index in [2.05, 4.69) is 4.98 Å². The molecule has 1 rings (SSSR count). The molecule has 0 fully saturated rings. The second-order valence-electron chi connectivity index (χ2n) is 3.36. The normalized spacial score (nSPS) is 13.7. The van der Waals surface area contributed by atoms with Crippen LogP contribution in [0.15, 0.2) is 6.20 Å². The molecule has 8 N–H and O–H groups in total. The minimum absolute atomic E-state index is 0.216. The van der Waals surface area contributed by atoms with E-state index in [9.17, 15) is 15.6 Å². The minimum atomic E-state index is -3.57. The Morgan fingerprint density at radius 1 is 0.842 bits per heavy atom. The summed E-state index contributed by atoms with van der Waals surface area (Å²) < 4.78 is 0. The first-order valence-corrected chi connectivity index (χ1v) is 4.23. The average Bonchev–Trinajstić information content (AvgIpc) is 2.11. The third-order valence-corrected chi connectivity index (χ3v) is 1.93. The molecule has 19 heavy (non-hydrogen) atoms. The lowest BCUT2D eigenvalue weighted by atomic mass is 10.3. The Hall–Kier alpha value is -1.53. The van der Waals surface area contributed by atoms with Gasteiger partial charge in [0.05, 0.1) is 0 Å². The summed E-state index contributed by atoms with van der Waals surface area (Å²) in [5.74, 6) is -1.08. The molecule has 1 aromatic rings. The maximum atomic E-state index is 11.0. The minimum Gasteiger partial charge on any atom is -0.559 e. The van der Waals surface area contributed by atoms with Gasteiger partial charge >= 0.3 is 11.4 Å². The third-order valence-electron chi connectivity index (χ3n) is 1.93. The molecule has 0 saturated carbocycles. The van der Waals surface area contributed by atoms with Crippen molar-refractivity contribution in [1.29, 1.82) is 0 Å². The second-order valence-corrected chi connectivity index (χ2v) is 3.36. The molecule has 0 amide bonds. The molecule has 1 heterocycles. The van der Waals surface area contributed by atoms with E-state index in [1.54, 1.807) is 0 Å². The zero-order valence-corrected chi connectivity index (χ0v) is 8.85. The fraction of sp³-hybridized carbons (Fsp3) is 0. The largest absolute Gasteiger partial charge is 0.559 e. The fourth-order valence-corrected chi connectivity index (χ4v) is 1.28. The first-order valence-electron chi connectivity index (χ1n) is 4.23. The number of hydrogen-bond acceptors (Lipinski definition) is 11. The first kappa shape index (κ1) is 15.5. The Morgan fingerprint density at radius 2 is 1.26 bits per heavy atom. The predicted octanol–water partition coefficient (Wildman–Crippen LogP) is -0.586. The molecule has 14 nitrogen and oxygen atoms in total. The molecule has 0 aromatic carbocycles. The van der Waals surface area contributed by atoms with Gasteiger partial charge in [-0.25, -0.2) is 4.98 Å². The standard InChI is InChI=1S/C5H9N5O9/c6-5-4(10(17,18)19)3(9(14,15)16)2(1-7-5)8(11,12)13/h1,11-12,14-15,17-18H,(H2,6,7). The van der Waals surface area contributed by atoms with E-state index in [0.717, 1.165) is 0 Å². The molecule has 0 saturated heterocycles. The van der Waals surface area contributed by atoms with Crippen molar-refractivity contribution in [3.63, 3.8) is 0 Å². The molecular weight excluding hydrogens is 274 g/mol. The summed E-state index contributed by atoms with van der Waals surface area (Å²) in [6.07, 6.45) is 0.216. The molecule has 0 unspecified atom stereocenters. The van der Waals surface area contributed by atoms with Crippen molar-refractivity contribution >= 4 is 22.9 Å². The van der Waals surface area contributed by atoms with E-state index in [1.807, 2.05) is 0 Å². The maximum absolute atomic E-state index is 11.0. The number of nitrogens with zero attached hydrogens (tertiary/aromatic N) is 4. The van der Waals surface area contributed by atoms with Gasteiger partial charge in [0.1, 0.15) is 6.20 Å². The quantitative estimate of drug-likeness (QED) is 0.273. The SMILES string of the molecule is Nc1ncc([N+]([O-])(O)O)c([N+]([O-])(O)O)c1[N+]([O-])(O)O. The molecule has 0 atom stereocenters. The first-order chi connectivity index (χ1) is 8.26. The van der Waals surface area contributed by atoms with Crippen molar-refractivity contribution in [3.8, 4) is 0 Å². The molecule has 0 spiro atoms. The lowest BCUT2D eigenvalue weighted by Crippen LogP contribution is -2.45. The molecule has 0 radical (unpaired) electrons. The van der Waals surface area contributed by atoms with Gasteiger partial charge in [0.15, 0.2) is 5.82 Å². The zero-order valence-electron chi connectivity index (χ0n) is 8.85. The van der Waals surface area contributed by atoms with Crippen molar-refractivity contribution in [3.05, 3.63) is 21.8 Å². The topological polar surface area (TPSA) is 229 Å². The summed E-state index contributed by atoms with van der Waals surface area (Å²) in [5, 5.41) is 85.5. The monoisotopic (exact) mass is 283 g/mol. The lowest BCUT2D eigenvalue weighted by Gasteiger charge is -2.32. The van der Waals surface area contributed by atoms with Gasteiger partial charge < -0.3 is 21.4 Å². The summed E-state index contributed by atoms with van der Waals surface area (Å²) in [4.78, 5) is -7.41. The summed E-state index contributed by atoms with van der Waals surface area (Å²) >= 11 is 0. The number of rotatable bonds is 3. The van der Waals surface area contributed by atoms with Gasteiger partial charge in [-0.1, -0.05) is 0 Å². The molecule has 108 valence electrons. The number of nitrogen functional groups attached to an aromatic ring is 1. The maximum Gasteiger partial charge on any atom is 0.341 e. The van der Waals surface area contributed by atoms with Crippen LogP contribution in [0.25, 0.3) is 0 Å². The molecule has 0 aliphatic rings. The van der Waals surface area contributed by atoms with Crippen LogP contribution in [0.1, 0.15) is 0 Å². The Labute approximate surface area is 103 Å². The number of aromatic nitrogens is 1. The summed E-state index contributed by atoms with van der Waals surface area (Å²) in [7, 11) is 0. The van der Waals surface area contributed by atoms with Crippen molar-refractivity contribution in [2.45, 2.75) is 0 Å². The van der Waals surface area contributed by atoms with Gasteiger partial charge in [0.25, 0.3) is 5.69 Å². The summed E-state index contributed by atoms with van der Waals surface area (Å²) in [6.45, 7) is 0. The van der Waals surface area contributed by atoms with Crippen LogP contribution >= 0.6 is 0 Å². The van der Waals surface area contributed by atoms with Crippen LogP contribution in [0.5, 0.6) is 0 Å². The number of quaternary nitrogens is 3. The van der Waals surface area contributed by atoms with Gasteiger partial charge in [-0.3, -0.25) is 0 Å². The van der Waals surface area contributed by atoms with Crippen LogP contribution in [0, 0.1) is 15.6 Å². The second kappa shape index (κ2) is 4.25. The van der Waals surface area contributed by atoms with Crippen LogP contribution in [0.2, 0.25) is 0 Å². The van der Waals surface area contributed by atoms with Crippen molar-refractivity contribution in [2.75, 3.05) is 5.73 Å². The third kappa shape index (κ3) is 3.08. The predicted molar refractivity (Wildman–Crippen MR) is 54.9 cm³/mol. The number of nitrogens with two attached hydrogens (primary N) is 1. The number of pyridine rings is 1. The molecular formula is C5H9N5O9. The summed E-state index contributed by atoms with van der Waals surface area (Å²) in [5.41, 5.74) is -0.0598. The highest BCUT2D eigenvalue weighted by atomic mass is 17.1. The lowest BCUT2D eigenvalue weighted by molar-refractivity contribution is -0.278. The van der Waals surface area contributed by atoms with Gasteiger partial charge in [0.2, 0.25) is 0 Å². The smallest absolute Gasteiger partial charge is 0.341 e. The highest BCUT2D eigenvalue weighted by Gasteiger charge is 2.45. The average molecular weight is 283 g/mol. The van der Waals surface area contributed by atoms with E-state index in [1.165, 1.54) is 0 Å². The van der Waals surface area contributed by atoms with Gasteiger partial charge in [-0.05, 0) is 14.9 Å². The number of hydrogen-bond donors (Lipinski definition) is 7. The fourth-order valence-electron chi connectivity index (χ4n) is 1.28. The Bertz CT molecular complexity index is 485. The summed E-state index contributed by atoms with van der Waals surface area (Å²) in [6, 6.07) is 0. The molecule has 0 bridgehead atoms. The van der Waals surface area contributed by atoms with E-state index in [0.29, 0.717) is 0 Å².